The van der Waals surface area contributed by atoms with Crippen molar-refractivity contribution >= 4 is 34.7 Å². The second-order valence-corrected chi connectivity index (χ2v) is 9.28. The van der Waals surface area contributed by atoms with Gasteiger partial charge in [-0.3, -0.25) is 9.36 Å². The van der Waals surface area contributed by atoms with E-state index in [-0.39, 0.29) is 23.5 Å². The zero-order valence-electron chi connectivity index (χ0n) is 16.4. The summed E-state index contributed by atoms with van der Waals surface area (Å²) < 4.78 is 15.1. The van der Waals surface area contributed by atoms with Crippen molar-refractivity contribution < 1.29 is 9.18 Å². The van der Waals surface area contributed by atoms with Crippen molar-refractivity contribution in [2.24, 2.45) is 0 Å². The van der Waals surface area contributed by atoms with E-state index in [9.17, 15) is 9.18 Å². The van der Waals surface area contributed by atoms with E-state index >= 15 is 0 Å². The highest BCUT2D eigenvalue weighted by Crippen LogP contribution is 2.37. The van der Waals surface area contributed by atoms with Gasteiger partial charge in [0.25, 0.3) is 0 Å². The molecule has 8 heteroatoms. The van der Waals surface area contributed by atoms with Gasteiger partial charge < -0.3 is 5.32 Å². The number of aryl methyl sites for hydroxylation is 1. The van der Waals surface area contributed by atoms with Crippen molar-refractivity contribution in [3.63, 3.8) is 0 Å². The van der Waals surface area contributed by atoms with E-state index in [0.29, 0.717) is 5.69 Å². The number of carbonyl (C=O) groups is 1. The molecule has 5 nitrogen and oxygen atoms in total. The quantitative estimate of drug-likeness (QED) is 0.537. The lowest BCUT2D eigenvalue weighted by atomic mass is 9.95. The lowest BCUT2D eigenvalue weighted by Gasteiger charge is -2.16. The Labute approximate surface area is 177 Å². The number of thioether (sulfide) groups is 1. The van der Waals surface area contributed by atoms with Gasteiger partial charge in [-0.1, -0.05) is 11.8 Å². The van der Waals surface area contributed by atoms with Crippen LogP contribution in [0.15, 0.2) is 34.8 Å². The van der Waals surface area contributed by atoms with Gasteiger partial charge in [-0.2, -0.15) is 0 Å². The lowest BCUT2D eigenvalue weighted by Crippen LogP contribution is -2.15. The van der Waals surface area contributed by atoms with Crippen LogP contribution in [0.2, 0.25) is 0 Å². The SMILES string of the molecule is CC(C)n1c(SCC(=O)Nc2ccc(F)cc2)nnc1-c1csc2c1CCCC2. The van der Waals surface area contributed by atoms with Gasteiger partial charge >= 0.3 is 0 Å². The van der Waals surface area contributed by atoms with Crippen LogP contribution in [0, 0.1) is 5.82 Å². The van der Waals surface area contributed by atoms with Crippen LogP contribution >= 0.6 is 23.1 Å². The number of rotatable bonds is 6. The molecule has 0 unspecified atom stereocenters. The maximum absolute atomic E-state index is 13.0. The maximum Gasteiger partial charge on any atom is 0.234 e. The molecule has 1 amide bonds. The molecule has 0 radical (unpaired) electrons. The average Bonchev–Trinajstić information content (AvgIpc) is 3.32. The molecule has 3 aromatic rings. The van der Waals surface area contributed by atoms with Crippen molar-refractivity contribution in [2.75, 3.05) is 11.1 Å². The Morgan fingerprint density at radius 2 is 2.00 bits per heavy atom. The predicted octanol–water partition coefficient (Wildman–Crippen LogP) is 5.34. The Balaban J connectivity index is 1.50. The van der Waals surface area contributed by atoms with Crippen molar-refractivity contribution in [1.82, 2.24) is 14.8 Å². The third-order valence-corrected chi connectivity index (χ3v) is 6.98. The zero-order valence-corrected chi connectivity index (χ0v) is 18.1. The fourth-order valence-electron chi connectivity index (χ4n) is 3.57. The Morgan fingerprint density at radius 1 is 1.24 bits per heavy atom. The number of hydrogen-bond donors (Lipinski definition) is 1. The van der Waals surface area contributed by atoms with E-state index < -0.39 is 0 Å². The first-order valence-corrected chi connectivity index (χ1v) is 11.6. The number of nitrogens with zero attached hydrogens (tertiary/aromatic N) is 3. The Morgan fingerprint density at radius 3 is 2.76 bits per heavy atom. The number of benzene rings is 1. The lowest BCUT2D eigenvalue weighted by molar-refractivity contribution is -0.113. The van der Waals surface area contributed by atoms with Crippen molar-refractivity contribution in [1.29, 1.82) is 0 Å². The third kappa shape index (κ3) is 4.38. The summed E-state index contributed by atoms with van der Waals surface area (Å²) in [6.07, 6.45) is 4.73. The molecule has 4 rings (SSSR count). The fraction of sp³-hybridized carbons (Fsp3) is 0.381. The van der Waals surface area contributed by atoms with E-state index in [1.165, 1.54) is 52.7 Å². The van der Waals surface area contributed by atoms with Gasteiger partial charge in [0.2, 0.25) is 5.91 Å². The predicted molar refractivity (Wildman–Crippen MR) is 116 cm³/mol. The largest absolute Gasteiger partial charge is 0.325 e. The number of fused-ring (bicyclic) bond motifs is 1. The number of thiophene rings is 1. The molecule has 0 spiro atoms. The Hall–Kier alpha value is -2.19. The number of hydrogen-bond acceptors (Lipinski definition) is 5. The van der Waals surface area contributed by atoms with Crippen LogP contribution in [0.5, 0.6) is 0 Å². The van der Waals surface area contributed by atoms with Gasteiger partial charge in [0.15, 0.2) is 11.0 Å². The highest BCUT2D eigenvalue weighted by Gasteiger charge is 2.23. The monoisotopic (exact) mass is 430 g/mol. The van der Waals surface area contributed by atoms with E-state index in [4.69, 9.17) is 0 Å². The topological polar surface area (TPSA) is 59.8 Å². The normalized spacial score (nSPS) is 13.5. The molecule has 0 saturated carbocycles. The summed E-state index contributed by atoms with van der Waals surface area (Å²) in [6.45, 7) is 4.21. The molecule has 0 saturated heterocycles. The van der Waals surface area contributed by atoms with Gasteiger partial charge in [-0.25, -0.2) is 4.39 Å². The molecule has 1 aliphatic carbocycles. The Bertz CT molecular complexity index is 1010. The van der Waals surface area contributed by atoms with Crippen LogP contribution in [0.1, 0.15) is 43.2 Å². The Kier molecular flexibility index (Phi) is 6.01. The summed E-state index contributed by atoms with van der Waals surface area (Å²) in [4.78, 5) is 13.8. The van der Waals surface area contributed by atoms with Gasteiger partial charge in [0.05, 0.1) is 5.75 Å². The van der Waals surface area contributed by atoms with E-state index in [1.54, 1.807) is 12.1 Å². The molecular weight excluding hydrogens is 407 g/mol. The molecule has 1 aromatic carbocycles. The molecule has 152 valence electrons. The van der Waals surface area contributed by atoms with Gasteiger partial charge in [0.1, 0.15) is 5.82 Å². The van der Waals surface area contributed by atoms with Crippen LogP contribution in [0.3, 0.4) is 0 Å². The second kappa shape index (κ2) is 8.67. The van der Waals surface area contributed by atoms with Crippen LogP contribution in [-0.4, -0.2) is 26.4 Å². The van der Waals surface area contributed by atoms with Gasteiger partial charge in [-0.15, -0.1) is 21.5 Å². The number of nitrogens with one attached hydrogen (secondary N) is 1. The van der Waals surface area contributed by atoms with Crippen LogP contribution in [0.25, 0.3) is 11.4 Å². The first-order chi connectivity index (χ1) is 14.0. The van der Waals surface area contributed by atoms with Gasteiger partial charge in [-0.05, 0) is 69.4 Å². The second-order valence-electron chi connectivity index (χ2n) is 7.37. The summed E-state index contributed by atoms with van der Waals surface area (Å²) in [5.74, 6) is 0.616. The molecule has 0 fully saturated rings. The molecule has 1 aliphatic rings. The first-order valence-electron chi connectivity index (χ1n) is 9.75. The molecule has 2 heterocycles. The highest BCUT2D eigenvalue weighted by atomic mass is 32.2. The van der Waals surface area contributed by atoms with E-state index in [1.807, 2.05) is 11.3 Å². The minimum Gasteiger partial charge on any atom is -0.325 e. The molecule has 0 bridgehead atoms. The summed E-state index contributed by atoms with van der Waals surface area (Å²) in [7, 11) is 0. The molecule has 29 heavy (non-hydrogen) atoms. The fourth-order valence-corrected chi connectivity index (χ4v) is 5.56. The molecule has 2 aromatic heterocycles. The number of carbonyl (C=O) groups excluding carboxylic acids is 1. The third-order valence-electron chi connectivity index (χ3n) is 4.94. The number of amides is 1. The average molecular weight is 431 g/mol. The first kappa shape index (κ1) is 20.1. The zero-order chi connectivity index (χ0) is 20.4. The van der Waals surface area contributed by atoms with Crippen LogP contribution < -0.4 is 5.32 Å². The summed E-state index contributed by atoms with van der Waals surface area (Å²) in [5.41, 5.74) is 3.18. The molecular formula is C21H23FN4OS2. The minimum absolute atomic E-state index is 0.158. The highest BCUT2D eigenvalue weighted by molar-refractivity contribution is 7.99. The van der Waals surface area contributed by atoms with Gasteiger partial charge in [0, 0.05) is 27.5 Å². The summed E-state index contributed by atoms with van der Waals surface area (Å²) in [6, 6.07) is 5.93. The van der Waals surface area contributed by atoms with Crippen molar-refractivity contribution in [3.05, 3.63) is 45.9 Å². The smallest absolute Gasteiger partial charge is 0.234 e. The molecule has 1 N–H and O–H groups in total. The van der Waals surface area contributed by atoms with Crippen molar-refractivity contribution in [3.8, 4) is 11.4 Å². The summed E-state index contributed by atoms with van der Waals surface area (Å²) >= 11 is 3.19. The van der Waals surface area contributed by atoms with Crippen molar-refractivity contribution in [2.45, 2.75) is 50.7 Å². The number of aromatic nitrogens is 3. The van der Waals surface area contributed by atoms with Crippen LogP contribution in [-0.2, 0) is 17.6 Å². The summed E-state index contributed by atoms with van der Waals surface area (Å²) in [5, 5.41) is 14.6. The van der Waals surface area contributed by atoms with E-state index in [2.05, 4.69) is 39.3 Å². The maximum atomic E-state index is 13.0. The minimum atomic E-state index is -0.328. The van der Waals surface area contributed by atoms with Crippen LogP contribution in [0.4, 0.5) is 10.1 Å². The molecule has 0 atom stereocenters. The number of anilines is 1. The standard InChI is InChI=1S/C21H23FN4OS2/c1-13(2)26-20(17-11-28-18-6-4-3-5-16(17)18)24-25-21(26)29-12-19(27)23-15-9-7-14(22)8-10-15/h7-11,13H,3-6,12H2,1-2H3,(H,23,27). The van der Waals surface area contributed by atoms with E-state index in [0.717, 1.165) is 23.8 Å². The molecule has 0 aliphatic heterocycles. The number of halogens is 1.